The average molecular weight is 337 g/mol. The van der Waals surface area contributed by atoms with Gasteiger partial charge in [-0.05, 0) is 20.8 Å². The van der Waals surface area contributed by atoms with Gasteiger partial charge < -0.3 is 20.6 Å². The van der Waals surface area contributed by atoms with Crippen LogP contribution >= 0.6 is 11.3 Å². The standard InChI is InChI=1S/C14H23N7OS/c1-9(2)17-13-18-12(15-5-6-22)19-14(20-13)21(4)8-11-7-16-10(3)23-11/h7,9,22H,5-6,8H2,1-4H3,(H2,15,17,18,19,20). The number of aliphatic hydroxyl groups is 1. The monoisotopic (exact) mass is 337 g/mol. The summed E-state index contributed by atoms with van der Waals surface area (Å²) in [6.45, 7) is 7.11. The minimum Gasteiger partial charge on any atom is -0.395 e. The molecular weight excluding hydrogens is 314 g/mol. The predicted molar refractivity (Wildman–Crippen MR) is 93.1 cm³/mol. The SMILES string of the molecule is Cc1ncc(CN(C)c2nc(NCCO)nc(NC(C)C)n2)s1. The van der Waals surface area contributed by atoms with Crippen molar-refractivity contribution in [2.24, 2.45) is 0 Å². The number of hydrogen-bond donors (Lipinski definition) is 3. The topological polar surface area (TPSA) is 99.1 Å². The molecule has 0 aliphatic rings. The van der Waals surface area contributed by atoms with Crippen molar-refractivity contribution in [2.45, 2.75) is 33.4 Å². The van der Waals surface area contributed by atoms with Crippen LogP contribution in [0.4, 0.5) is 17.8 Å². The van der Waals surface area contributed by atoms with Crippen LogP contribution in [0.2, 0.25) is 0 Å². The van der Waals surface area contributed by atoms with Crippen LogP contribution in [0.5, 0.6) is 0 Å². The van der Waals surface area contributed by atoms with Crippen LogP contribution in [0, 0.1) is 6.92 Å². The summed E-state index contributed by atoms with van der Waals surface area (Å²) >= 11 is 1.66. The van der Waals surface area contributed by atoms with E-state index in [4.69, 9.17) is 5.11 Å². The molecule has 0 bridgehead atoms. The molecular formula is C14H23N7OS. The lowest BCUT2D eigenvalue weighted by Crippen LogP contribution is -2.22. The molecule has 0 aliphatic carbocycles. The molecule has 2 heterocycles. The maximum Gasteiger partial charge on any atom is 0.232 e. The zero-order valence-electron chi connectivity index (χ0n) is 13.9. The number of nitrogens with one attached hydrogen (secondary N) is 2. The quantitative estimate of drug-likeness (QED) is 0.666. The highest BCUT2D eigenvalue weighted by Crippen LogP contribution is 2.18. The Labute approximate surface area is 140 Å². The molecule has 0 atom stereocenters. The summed E-state index contributed by atoms with van der Waals surface area (Å²) in [6.07, 6.45) is 1.87. The molecule has 2 aromatic heterocycles. The molecule has 0 aromatic carbocycles. The van der Waals surface area contributed by atoms with Crippen LogP contribution in [-0.4, -0.2) is 51.3 Å². The predicted octanol–water partition coefficient (Wildman–Crippen LogP) is 1.50. The Morgan fingerprint density at radius 3 is 2.61 bits per heavy atom. The molecule has 23 heavy (non-hydrogen) atoms. The smallest absolute Gasteiger partial charge is 0.232 e. The molecule has 0 amide bonds. The third-order valence-corrected chi connectivity index (χ3v) is 3.74. The van der Waals surface area contributed by atoms with Gasteiger partial charge in [0.1, 0.15) is 0 Å². The Balaban J connectivity index is 2.20. The van der Waals surface area contributed by atoms with E-state index in [1.807, 2.05) is 38.9 Å². The molecule has 3 N–H and O–H groups in total. The highest BCUT2D eigenvalue weighted by molar-refractivity contribution is 7.11. The fourth-order valence-corrected chi connectivity index (χ4v) is 2.74. The number of rotatable bonds is 8. The van der Waals surface area contributed by atoms with Gasteiger partial charge in [-0.3, -0.25) is 0 Å². The van der Waals surface area contributed by atoms with Gasteiger partial charge in [0.2, 0.25) is 17.8 Å². The highest BCUT2D eigenvalue weighted by Gasteiger charge is 2.12. The van der Waals surface area contributed by atoms with E-state index in [0.29, 0.717) is 30.9 Å². The van der Waals surface area contributed by atoms with Gasteiger partial charge in [-0.25, -0.2) is 4.98 Å². The van der Waals surface area contributed by atoms with Gasteiger partial charge in [-0.2, -0.15) is 15.0 Å². The van der Waals surface area contributed by atoms with Crippen molar-refractivity contribution < 1.29 is 5.11 Å². The molecule has 0 unspecified atom stereocenters. The molecule has 2 rings (SSSR count). The van der Waals surface area contributed by atoms with Crippen LogP contribution in [0.1, 0.15) is 23.7 Å². The van der Waals surface area contributed by atoms with E-state index in [1.54, 1.807) is 11.3 Å². The Morgan fingerprint density at radius 1 is 1.26 bits per heavy atom. The molecule has 0 radical (unpaired) electrons. The first kappa shape index (κ1) is 17.4. The van der Waals surface area contributed by atoms with Crippen molar-refractivity contribution in [1.82, 2.24) is 19.9 Å². The minimum absolute atomic E-state index is 0.0178. The van der Waals surface area contributed by atoms with Gasteiger partial charge in [0.25, 0.3) is 0 Å². The van der Waals surface area contributed by atoms with Crippen LogP contribution in [0.15, 0.2) is 6.20 Å². The fourth-order valence-electron chi connectivity index (χ4n) is 1.89. The molecule has 0 fully saturated rings. The molecule has 0 saturated heterocycles. The molecule has 0 spiro atoms. The summed E-state index contributed by atoms with van der Waals surface area (Å²) < 4.78 is 0. The summed E-state index contributed by atoms with van der Waals surface area (Å²) in [5, 5.41) is 16.2. The summed E-state index contributed by atoms with van der Waals surface area (Å²) in [4.78, 5) is 20.5. The van der Waals surface area contributed by atoms with E-state index >= 15 is 0 Å². The first-order valence-corrected chi connectivity index (χ1v) is 8.29. The maximum atomic E-state index is 8.95. The number of hydrogen-bond acceptors (Lipinski definition) is 9. The van der Waals surface area contributed by atoms with Crippen molar-refractivity contribution in [3.8, 4) is 0 Å². The van der Waals surface area contributed by atoms with Crippen molar-refractivity contribution in [1.29, 1.82) is 0 Å². The van der Waals surface area contributed by atoms with Crippen LogP contribution in [0.25, 0.3) is 0 Å². The Kier molecular flexibility index (Phi) is 6.05. The zero-order chi connectivity index (χ0) is 16.8. The summed E-state index contributed by atoms with van der Waals surface area (Å²) in [5.74, 6) is 1.52. The number of aromatic nitrogens is 4. The third-order valence-electron chi connectivity index (χ3n) is 2.84. The number of aryl methyl sites for hydroxylation is 1. The van der Waals surface area contributed by atoms with E-state index in [0.717, 1.165) is 9.88 Å². The summed E-state index contributed by atoms with van der Waals surface area (Å²) in [7, 11) is 1.93. The summed E-state index contributed by atoms with van der Waals surface area (Å²) in [6, 6.07) is 0.213. The van der Waals surface area contributed by atoms with Gasteiger partial charge in [-0.1, -0.05) is 0 Å². The molecule has 8 nitrogen and oxygen atoms in total. The van der Waals surface area contributed by atoms with Crippen LogP contribution in [0.3, 0.4) is 0 Å². The second-order valence-corrected chi connectivity index (χ2v) is 6.75. The Hall–Kier alpha value is -2.00. The van der Waals surface area contributed by atoms with Crippen LogP contribution in [-0.2, 0) is 6.54 Å². The van der Waals surface area contributed by atoms with Crippen molar-refractivity contribution in [2.75, 3.05) is 35.7 Å². The Morgan fingerprint density at radius 2 is 2.00 bits per heavy atom. The van der Waals surface area contributed by atoms with E-state index in [-0.39, 0.29) is 12.6 Å². The Bertz CT molecular complexity index is 631. The third kappa shape index (κ3) is 5.29. The van der Waals surface area contributed by atoms with Crippen molar-refractivity contribution in [3.05, 3.63) is 16.1 Å². The van der Waals surface area contributed by atoms with E-state index < -0.39 is 0 Å². The maximum absolute atomic E-state index is 8.95. The summed E-state index contributed by atoms with van der Waals surface area (Å²) in [5.41, 5.74) is 0. The zero-order valence-corrected chi connectivity index (χ0v) is 14.7. The highest BCUT2D eigenvalue weighted by atomic mass is 32.1. The molecule has 126 valence electrons. The molecule has 0 aliphatic heterocycles. The van der Waals surface area contributed by atoms with E-state index in [2.05, 4.69) is 30.6 Å². The van der Waals surface area contributed by atoms with Crippen molar-refractivity contribution >= 4 is 29.2 Å². The normalized spacial score (nSPS) is 10.9. The van der Waals surface area contributed by atoms with Crippen molar-refractivity contribution in [3.63, 3.8) is 0 Å². The van der Waals surface area contributed by atoms with Crippen LogP contribution < -0.4 is 15.5 Å². The first-order chi connectivity index (χ1) is 11.0. The van der Waals surface area contributed by atoms with Gasteiger partial charge >= 0.3 is 0 Å². The molecule has 0 saturated carbocycles. The lowest BCUT2D eigenvalue weighted by molar-refractivity contribution is 0.311. The fraction of sp³-hybridized carbons (Fsp3) is 0.571. The number of aliphatic hydroxyl groups excluding tert-OH is 1. The second kappa shape index (κ2) is 8.02. The number of anilines is 3. The minimum atomic E-state index is 0.0178. The van der Waals surface area contributed by atoms with Gasteiger partial charge in [0.05, 0.1) is 18.2 Å². The average Bonchev–Trinajstić information content (AvgIpc) is 2.89. The first-order valence-electron chi connectivity index (χ1n) is 7.47. The lowest BCUT2D eigenvalue weighted by atomic mass is 10.4. The van der Waals surface area contributed by atoms with Gasteiger partial charge in [-0.15, -0.1) is 11.3 Å². The number of nitrogens with zero attached hydrogens (tertiary/aromatic N) is 5. The van der Waals surface area contributed by atoms with E-state index in [1.165, 1.54) is 0 Å². The second-order valence-electron chi connectivity index (χ2n) is 5.43. The lowest BCUT2D eigenvalue weighted by Gasteiger charge is -2.18. The van der Waals surface area contributed by atoms with E-state index in [9.17, 15) is 0 Å². The number of thiazole rings is 1. The van der Waals surface area contributed by atoms with Gasteiger partial charge in [0, 0.05) is 30.7 Å². The molecule has 9 heteroatoms. The largest absolute Gasteiger partial charge is 0.395 e. The molecule has 2 aromatic rings. The van der Waals surface area contributed by atoms with Gasteiger partial charge in [0.15, 0.2) is 0 Å².